The van der Waals surface area contributed by atoms with Crippen LogP contribution in [-0.4, -0.2) is 67.3 Å². The minimum Gasteiger partial charge on any atom is -0.375 e. The number of thiazole rings is 1. The van der Waals surface area contributed by atoms with Crippen LogP contribution in [0.1, 0.15) is 6.92 Å². The first kappa shape index (κ1) is 18.4. The predicted octanol–water partition coefficient (Wildman–Crippen LogP) is 1.74. The molecular weight excluding hydrogens is 360 g/mol. The summed E-state index contributed by atoms with van der Waals surface area (Å²) in [7, 11) is 0. The number of carbonyl (C=O) groups excluding carboxylic acids is 1. The predicted molar refractivity (Wildman–Crippen MR) is 103 cm³/mol. The van der Waals surface area contributed by atoms with Gasteiger partial charge in [-0.2, -0.15) is 0 Å². The van der Waals surface area contributed by atoms with E-state index in [2.05, 4.69) is 16.3 Å². The van der Waals surface area contributed by atoms with Crippen LogP contribution in [0.4, 0.5) is 5.13 Å². The molecule has 1 aromatic heterocycles. The number of ether oxygens (including phenoxy) is 1. The molecule has 0 unspecified atom stereocenters. The van der Waals surface area contributed by atoms with E-state index in [1.165, 1.54) is 4.70 Å². The van der Waals surface area contributed by atoms with Gasteiger partial charge in [0.25, 0.3) is 0 Å². The Morgan fingerprint density at radius 2 is 2.04 bits per heavy atom. The van der Waals surface area contributed by atoms with Crippen LogP contribution in [0.5, 0.6) is 0 Å². The third-order valence-corrected chi connectivity index (χ3v) is 5.82. The van der Waals surface area contributed by atoms with Crippen molar-refractivity contribution < 1.29 is 9.53 Å². The zero-order valence-electron chi connectivity index (χ0n) is 14.2. The Labute approximate surface area is 157 Å². The summed E-state index contributed by atoms with van der Waals surface area (Å²) >= 11 is 1.72. The molecule has 3 heterocycles. The number of halogens is 1. The van der Waals surface area contributed by atoms with Crippen molar-refractivity contribution >= 4 is 45.0 Å². The molecule has 2 saturated heterocycles. The van der Waals surface area contributed by atoms with Crippen LogP contribution in [0.15, 0.2) is 24.3 Å². The van der Waals surface area contributed by atoms with Crippen molar-refractivity contribution in [3.8, 4) is 0 Å². The molecule has 8 heteroatoms. The van der Waals surface area contributed by atoms with Crippen molar-refractivity contribution in [2.75, 3.05) is 44.2 Å². The van der Waals surface area contributed by atoms with Crippen LogP contribution in [0, 0.1) is 0 Å². The Morgan fingerprint density at radius 3 is 2.76 bits per heavy atom. The Hall–Kier alpha value is -1.41. The number of piperazine rings is 1. The third-order valence-electron chi connectivity index (χ3n) is 4.73. The largest absolute Gasteiger partial charge is 0.375 e. The summed E-state index contributed by atoms with van der Waals surface area (Å²) in [6.45, 7) is 6.51. The molecule has 0 saturated carbocycles. The van der Waals surface area contributed by atoms with Crippen LogP contribution < -0.4 is 10.2 Å². The Kier molecular flexibility index (Phi) is 5.78. The second kappa shape index (κ2) is 7.86. The molecule has 6 nitrogen and oxygen atoms in total. The molecule has 1 N–H and O–H groups in total. The minimum atomic E-state index is -0.215. The maximum absolute atomic E-state index is 12.7. The number of para-hydroxylation sites is 1. The lowest BCUT2D eigenvalue weighted by Crippen LogP contribution is -2.59. The fourth-order valence-corrected chi connectivity index (χ4v) is 4.34. The number of carbonyl (C=O) groups is 1. The smallest absolute Gasteiger partial charge is 0.242 e. The van der Waals surface area contributed by atoms with Gasteiger partial charge < -0.3 is 19.9 Å². The monoisotopic (exact) mass is 382 g/mol. The van der Waals surface area contributed by atoms with Gasteiger partial charge in [0.15, 0.2) is 5.13 Å². The number of fused-ring (bicyclic) bond motifs is 1. The lowest BCUT2D eigenvalue weighted by molar-refractivity contribution is -0.139. The van der Waals surface area contributed by atoms with Crippen molar-refractivity contribution in [3.63, 3.8) is 0 Å². The molecule has 2 atom stereocenters. The van der Waals surface area contributed by atoms with Crippen LogP contribution in [-0.2, 0) is 9.53 Å². The highest BCUT2D eigenvalue weighted by atomic mass is 35.5. The van der Waals surface area contributed by atoms with Gasteiger partial charge in [-0.25, -0.2) is 4.98 Å². The highest BCUT2D eigenvalue weighted by molar-refractivity contribution is 7.22. The first-order valence-corrected chi connectivity index (χ1v) is 9.28. The van der Waals surface area contributed by atoms with E-state index >= 15 is 0 Å². The summed E-state index contributed by atoms with van der Waals surface area (Å²) in [5, 5.41) is 4.34. The van der Waals surface area contributed by atoms with E-state index in [4.69, 9.17) is 9.72 Å². The van der Waals surface area contributed by atoms with Gasteiger partial charge in [-0.3, -0.25) is 4.79 Å². The van der Waals surface area contributed by atoms with Crippen LogP contribution >= 0.6 is 23.7 Å². The molecule has 25 heavy (non-hydrogen) atoms. The number of amides is 1. The molecule has 2 aromatic rings. The topological polar surface area (TPSA) is 57.7 Å². The summed E-state index contributed by atoms with van der Waals surface area (Å²) in [6, 6.07) is 8.00. The van der Waals surface area contributed by atoms with Gasteiger partial charge in [0.1, 0.15) is 6.04 Å². The van der Waals surface area contributed by atoms with Crippen molar-refractivity contribution in [1.82, 2.24) is 15.2 Å². The molecule has 2 fully saturated rings. The van der Waals surface area contributed by atoms with E-state index in [0.29, 0.717) is 6.61 Å². The Balaban J connectivity index is 0.00000182. The normalized spacial score (nSPS) is 24.2. The summed E-state index contributed by atoms with van der Waals surface area (Å²) in [5.74, 6) is 0.158. The molecule has 136 valence electrons. The van der Waals surface area contributed by atoms with Crippen molar-refractivity contribution in [1.29, 1.82) is 0 Å². The highest BCUT2D eigenvalue weighted by Crippen LogP contribution is 2.29. The molecular formula is C17H23ClN4O2S. The summed E-state index contributed by atoms with van der Waals surface area (Å²) < 4.78 is 6.81. The SMILES string of the molecule is C[C@H]1OCCN[C@@H]1C(=O)N1CCN(c2nc3ccccc3s2)CC1.Cl. The molecule has 1 amide bonds. The number of rotatable bonds is 2. The van der Waals surface area contributed by atoms with Crippen LogP contribution in [0.25, 0.3) is 10.2 Å². The molecule has 0 aliphatic carbocycles. The van der Waals surface area contributed by atoms with Gasteiger partial charge in [0, 0.05) is 32.7 Å². The molecule has 1 aromatic carbocycles. The maximum Gasteiger partial charge on any atom is 0.242 e. The second-order valence-corrected chi connectivity index (χ2v) is 7.29. The second-order valence-electron chi connectivity index (χ2n) is 6.28. The Bertz CT molecular complexity index is 699. The number of anilines is 1. The van der Waals surface area contributed by atoms with Crippen LogP contribution in [0.3, 0.4) is 0 Å². The molecule has 2 aliphatic rings. The highest BCUT2D eigenvalue weighted by Gasteiger charge is 2.33. The first-order chi connectivity index (χ1) is 11.7. The summed E-state index contributed by atoms with van der Waals surface area (Å²) in [4.78, 5) is 21.6. The molecule has 4 rings (SSSR count). The maximum atomic E-state index is 12.7. The van der Waals surface area contributed by atoms with E-state index in [1.54, 1.807) is 11.3 Å². The fourth-order valence-electron chi connectivity index (χ4n) is 3.32. The van der Waals surface area contributed by atoms with Gasteiger partial charge in [-0.15, -0.1) is 12.4 Å². The van der Waals surface area contributed by atoms with Gasteiger partial charge in [-0.05, 0) is 19.1 Å². The number of nitrogens with one attached hydrogen (secondary N) is 1. The zero-order chi connectivity index (χ0) is 16.5. The van der Waals surface area contributed by atoms with Crippen LogP contribution in [0.2, 0.25) is 0 Å². The molecule has 0 spiro atoms. The third kappa shape index (κ3) is 3.74. The standard InChI is InChI=1S/C17H22N4O2S.ClH/c1-12-15(18-6-11-23-12)16(22)20-7-9-21(10-8-20)17-19-13-4-2-3-5-14(13)24-17;/h2-5,12,15,18H,6-11H2,1H3;1H/t12-,15+;/m1./s1. The molecule has 2 aliphatic heterocycles. The first-order valence-electron chi connectivity index (χ1n) is 8.47. The van der Waals surface area contributed by atoms with Gasteiger partial charge in [-0.1, -0.05) is 23.5 Å². The minimum absolute atomic E-state index is 0. The van der Waals surface area contributed by atoms with Gasteiger partial charge >= 0.3 is 0 Å². The summed E-state index contributed by atoms with van der Waals surface area (Å²) in [5.41, 5.74) is 1.05. The van der Waals surface area contributed by atoms with Crippen molar-refractivity contribution in [3.05, 3.63) is 24.3 Å². The zero-order valence-corrected chi connectivity index (χ0v) is 15.8. The van der Waals surface area contributed by atoms with Crippen molar-refractivity contribution in [2.45, 2.75) is 19.1 Å². The van der Waals surface area contributed by atoms with Gasteiger partial charge in [0.05, 0.1) is 22.9 Å². The van der Waals surface area contributed by atoms with Crippen molar-refractivity contribution in [2.24, 2.45) is 0 Å². The number of hydrogen-bond acceptors (Lipinski definition) is 6. The number of nitrogens with zero attached hydrogens (tertiary/aromatic N) is 3. The quantitative estimate of drug-likeness (QED) is 0.857. The van der Waals surface area contributed by atoms with E-state index in [9.17, 15) is 4.79 Å². The van der Waals surface area contributed by atoms with Gasteiger partial charge in [0.2, 0.25) is 5.91 Å². The number of benzene rings is 1. The van der Waals surface area contributed by atoms with E-state index in [1.807, 2.05) is 30.0 Å². The average molecular weight is 383 g/mol. The van der Waals surface area contributed by atoms with E-state index < -0.39 is 0 Å². The van der Waals surface area contributed by atoms with E-state index in [-0.39, 0.29) is 30.5 Å². The number of morpholine rings is 1. The molecule has 0 bridgehead atoms. The Morgan fingerprint density at radius 1 is 1.28 bits per heavy atom. The van der Waals surface area contributed by atoms with E-state index in [0.717, 1.165) is 43.4 Å². The molecule has 0 radical (unpaired) electrons. The summed E-state index contributed by atoms with van der Waals surface area (Å²) in [6.07, 6.45) is -0.0615. The fraction of sp³-hybridized carbons (Fsp3) is 0.529. The lowest BCUT2D eigenvalue weighted by atomic mass is 10.1. The lowest BCUT2D eigenvalue weighted by Gasteiger charge is -2.38. The number of aromatic nitrogens is 1. The average Bonchev–Trinajstić information content (AvgIpc) is 3.06. The number of hydrogen-bond donors (Lipinski definition) is 1.